The zero-order chi connectivity index (χ0) is 4.50. The molecule has 0 saturated carbocycles. The van der Waals surface area contributed by atoms with Crippen LogP contribution in [0.2, 0.25) is 0 Å². The number of phosphoric acid groups is 1. The Morgan fingerprint density at radius 3 is 1.14 bits per heavy atom. The molecule has 0 spiro atoms. The fraction of sp³-hybridized carbons (Fsp3) is 0. The Morgan fingerprint density at radius 1 is 1.14 bits per heavy atom. The summed E-state index contributed by atoms with van der Waals surface area (Å²) in [6.45, 7) is 0. The Balaban J connectivity index is -0.0000000800. The van der Waals surface area contributed by atoms with E-state index in [1.165, 1.54) is 0 Å². The second-order valence-corrected chi connectivity index (χ2v) is 1.54. The van der Waals surface area contributed by atoms with Crippen LogP contribution in [0.5, 0.6) is 0 Å². The number of rotatable bonds is 0. The normalized spacial score (nSPS) is 8.43. The zero-order valence-corrected chi connectivity index (χ0v) is 3.59. The van der Waals surface area contributed by atoms with Crippen molar-refractivity contribution in [3.8, 4) is 0 Å². The first kappa shape index (κ1) is 15.8. The van der Waals surface area contributed by atoms with Crippen LogP contribution in [-0.2, 0) is 4.57 Å². The van der Waals surface area contributed by atoms with Crippen LogP contribution in [0, 0.1) is 7.43 Å². The van der Waals surface area contributed by atoms with E-state index in [-0.39, 0.29) is 45.2 Å². The molecule has 7 heavy (non-hydrogen) atoms. The van der Waals surface area contributed by atoms with Crippen molar-refractivity contribution >= 4 is 45.6 Å². The third-order valence-electron chi connectivity index (χ3n) is 0. The zero-order valence-electron chi connectivity index (χ0n) is 2.70. The first-order valence-electron chi connectivity index (χ1n) is 0.783. The van der Waals surface area contributed by atoms with E-state index < -0.39 is 7.82 Å². The first-order chi connectivity index (χ1) is 2.00. The third kappa shape index (κ3) is 113. The van der Waals surface area contributed by atoms with Crippen molar-refractivity contribution in [3.05, 3.63) is 7.43 Å². The standard InChI is InChI=1S/C.Ca.H3O4P.2H/c;;1-5(2,3)4;;/h;;(H3,1,2,3,4);;. The molecule has 0 aromatic rings. The number of hydrogen-bond acceptors (Lipinski definition) is 1. The van der Waals surface area contributed by atoms with E-state index in [9.17, 15) is 0 Å². The van der Waals surface area contributed by atoms with E-state index in [0.717, 1.165) is 0 Å². The average molecular weight is 152 g/mol. The molecule has 0 rings (SSSR count). The van der Waals surface area contributed by atoms with Crippen LogP contribution >= 0.6 is 7.82 Å². The van der Waals surface area contributed by atoms with Crippen molar-refractivity contribution in [2.75, 3.05) is 0 Å². The molecule has 4 radical (unpaired) electrons. The summed E-state index contributed by atoms with van der Waals surface area (Å²) < 4.78 is 8.88. The molecule has 0 aliphatic carbocycles. The van der Waals surface area contributed by atoms with Crippen molar-refractivity contribution in [3.63, 3.8) is 0 Å². The molecule has 0 aromatic carbocycles. The Morgan fingerprint density at radius 2 is 1.14 bits per heavy atom. The van der Waals surface area contributed by atoms with Crippen LogP contribution in [0.4, 0.5) is 0 Å². The molecule has 6 heteroatoms. The number of hydrogen-bond donors (Lipinski definition) is 3. The summed E-state index contributed by atoms with van der Waals surface area (Å²) in [5.74, 6) is 0. The Labute approximate surface area is 71.8 Å². The minimum atomic E-state index is -4.64. The fourth-order valence-electron chi connectivity index (χ4n) is 0. The maximum absolute atomic E-state index is 8.88. The molecule has 0 bridgehead atoms. The van der Waals surface area contributed by atoms with Crippen LogP contribution in [0.3, 0.4) is 0 Å². The molecule has 0 amide bonds. The fourth-order valence-corrected chi connectivity index (χ4v) is 0. The van der Waals surface area contributed by atoms with Crippen molar-refractivity contribution < 1.29 is 19.2 Å². The monoisotopic (exact) mass is 152 g/mol. The Bertz CT molecular complexity index is 57.8. The molecule has 0 aromatic heterocycles. The van der Waals surface area contributed by atoms with Crippen molar-refractivity contribution in [1.82, 2.24) is 0 Å². The summed E-state index contributed by atoms with van der Waals surface area (Å²) in [7, 11) is -4.64. The third-order valence-corrected chi connectivity index (χ3v) is 0. The van der Waals surface area contributed by atoms with Crippen LogP contribution in [0.25, 0.3) is 0 Å². The molecule has 0 saturated heterocycles. The average Bonchev–Trinajstić information content (AvgIpc) is 0.722. The summed E-state index contributed by atoms with van der Waals surface area (Å²) >= 11 is 0. The van der Waals surface area contributed by atoms with Gasteiger partial charge in [0.2, 0.25) is 0 Å². The van der Waals surface area contributed by atoms with Crippen molar-refractivity contribution in [2.24, 2.45) is 0 Å². The van der Waals surface area contributed by atoms with E-state index in [4.69, 9.17) is 19.2 Å². The first-order valence-corrected chi connectivity index (χ1v) is 2.35. The van der Waals surface area contributed by atoms with Gasteiger partial charge in [-0.1, -0.05) is 0 Å². The summed E-state index contributed by atoms with van der Waals surface area (Å²) in [5, 5.41) is 0. The van der Waals surface area contributed by atoms with E-state index in [2.05, 4.69) is 0 Å². The van der Waals surface area contributed by atoms with E-state index in [1.807, 2.05) is 0 Å². The summed E-state index contributed by atoms with van der Waals surface area (Å²) in [5.41, 5.74) is 0. The van der Waals surface area contributed by atoms with Gasteiger partial charge in [-0.05, 0) is 0 Å². The summed E-state index contributed by atoms with van der Waals surface area (Å²) in [6, 6.07) is 0. The predicted molar refractivity (Wildman–Crippen MR) is 26.0 cm³/mol. The van der Waals surface area contributed by atoms with E-state index in [1.54, 1.807) is 0 Å². The molecule has 0 aliphatic rings. The summed E-state index contributed by atoms with van der Waals surface area (Å²) in [4.78, 5) is 21.6. The van der Waals surface area contributed by atoms with Crippen LogP contribution in [-0.4, -0.2) is 52.4 Å². The molecule has 0 unspecified atom stereocenters. The molecule has 3 N–H and O–H groups in total. The van der Waals surface area contributed by atoms with Crippen LogP contribution in [0.15, 0.2) is 0 Å². The Hall–Kier alpha value is 1.37. The van der Waals surface area contributed by atoms with E-state index >= 15 is 0 Å². The van der Waals surface area contributed by atoms with Gasteiger partial charge >= 0.3 is 45.6 Å². The molecule has 0 aliphatic heterocycles. The van der Waals surface area contributed by atoms with Crippen molar-refractivity contribution in [2.45, 2.75) is 0 Å². The van der Waals surface area contributed by atoms with Gasteiger partial charge in [-0.3, -0.25) is 0 Å². The molecular formula is CH5CaO4P. The van der Waals surface area contributed by atoms with Gasteiger partial charge < -0.3 is 14.7 Å². The SMILES string of the molecule is O=P(O)(O)O.[C].[CaH2]. The molecular weight excluding hydrogens is 147 g/mol. The molecule has 4 nitrogen and oxygen atoms in total. The van der Waals surface area contributed by atoms with Gasteiger partial charge in [0.05, 0.1) is 0 Å². The minimum absolute atomic E-state index is 0. The van der Waals surface area contributed by atoms with Crippen molar-refractivity contribution in [1.29, 1.82) is 0 Å². The predicted octanol–water partition coefficient (Wildman–Crippen LogP) is -1.76. The second-order valence-electron chi connectivity index (χ2n) is 0.513. The topological polar surface area (TPSA) is 77.8 Å². The van der Waals surface area contributed by atoms with Gasteiger partial charge in [0.25, 0.3) is 0 Å². The van der Waals surface area contributed by atoms with Gasteiger partial charge in [-0.25, -0.2) is 4.57 Å². The second kappa shape index (κ2) is 5.51. The molecule has 40 valence electrons. The van der Waals surface area contributed by atoms with Gasteiger partial charge in [0, 0.05) is 7.43 Å². The van der Waals surface area contributed by atoms with Gasteiger partial charge in [0.1, 0.15) is 0 Å². The van der Waals surface area contributed by atoms with E-state index in [0.29, 0.717) is 0 Å². The van der Waals surface area contributed by atoms with Gasteiger partial charge in [0.15, 0.2) is 0 Å². The molecule has 0 atom stereocenters. The van der Waals surface area contributed by atoms with Gasteiger partial charge in [-0.2, -0.15) is 0 Å². The molecule has 0 heterocycles. The quantitative estimate of drug-likeness (QED) is 0.284. The van der Waals surface area contributed by atoms with Crippen LogP contribution < -0.4 is 0 Å². The molecule has 0 fully saturated rings. The van der Waals surface area contributed by atoms with Crippen LogP contribution in [0.1, 0.15) is 0 Å². The summed E-state index contributed by atoms with van der Waals surface area (Å²) in [6.07, 6.45) is 0. The van der Waals surface area contributed by atoms with Gasteiger partial charge in [-0.15, -0.1) is 0 Å². The Kier molecular flexibility index (Phi) is 12.4. The maximum atomic E-state index is 8.88.